The van der Waals surface area contributed by atoms with E-state index in [-0.39, 0.29) is 0 Å². The van der Waals surface area contributed by atoms with Gasteiger partial charge in [0, 0.05) is 43.9 Å². The van der Waals surface area contributed by atoms with Gasteiger partial charge in [0.05, 0.1) is 11.4 Å². The summed E-state index contributed by atoms with van der Waals surface area (Å²) < 4.78 is 2.16. The van der Waals surface area contributed by atoms with Crippen LogP contribution < -0.4 is 0 Å². The molecule has 0 radical (unpaired) electrons. The lowest BCUT2D eigenvalue weighted by Crippen LogP contribution is -2.32. The molecule has 2 atom stereocenters. The van der Waals surface area contributed by atoms with Gasteiger partial charge in [0.2, 0.25) is 0 Å². The number of fused-ring (bicyclic) bond motifs is 3. The molecule has 4 rings (SSSR count). The Kier molecular flexibility index (Phi) is 2.69. The van der Waals surface area contributed by atoms with Crippen molar-refractivity contribution in [2.75, 3.05) is 12.3 Å². The maximum Gasteiger partial charge on any atom is 0.0676 e. The zero-order valence-electron chi connectivity index (χ0n) is 11.1. The smallest absolute Gasteiger partial charge is 0.0676 e. The molecule has 0 spiro atoms. The monoisotopic (exact) mass is 263 g/mol. The van der Waals surface area contributed by atoms with Gasteiger partial charge in [-0.25, -0.2) is 0 Å². The van der Waals surface area contributed by atoms with E-state index >= 15 is 0 Å². The van der Waals surface area contributed by atoms with E-state index in [4.69, 9.17) is 5.10 Å². The summed E-state index contributed by atoms with van der Waals surface area (Å²) >= 11 is 2.07. The summed E-state index contributed by atoms with van der Waals surface area (Å²) in [5.74, 6) is 3.42. The van der Waals surface area contributed by atoms with Crippen LogP contribution in [-0.4, -0.2) is 33.0 Å². The van der Waals surface area contributed by atoms with E-state index in [1.54, 1.807) is 5.56 Å². The Hall–Kier alpha value is -0.480. The van der Waals surface area contributed by atoms with Crippen molar-refractivity contribution in [3.05, 3.63) is 17.0 Å². The molecule has 1 aromatic heterocycles. The molecule has 3 heterocycles. The number of aryl methyl sites for hydroxylation is 2. The van der Waals surface area contributed by atoms with Gasteiger partial charge in [-0.1, -0.05) is 0 Å². The fourth-order valence-corrected chi connectivity index (χ4v) is 5.00. The normalized spacial score (nSPS) is 30.9. The quantitative estimate of drug-likeness (QED) is 0.816. The van der Waals surface area contributed by atoms with Crippen molar-refractivity contribution >= 4 is 11.8 Å². The second kappa shape index (κ2) is 4.27. The van der Waals surface area contributed by atoms with Gasteiger partial charge in [0.1, 0.15) is 0 Å². The molecule has 0 amide bonds. The average molecular weight is 263 g/mol. The van der Waals surface area contributed by atoms with Gasteiger partial charge in [0.25, 0.3) is 0 Å². The van der Waals surface area contributed by atoms with E-state index in [0.717, 1.165) is 18.5 Å². The summed E-state index contributed by atoms with van der Waals surface area (Å²) in [6.45, 7) is 2.47. The summed E-state index contributed by atoms with van der Waals surface area (Å²) in [6.07, 6.45) is 5.52. The van der Waals surface area contributed by atoms with Crippen molar-refractivity contribution in [1.29, 1.82) is 0 Å². The predicted molar refractivity (Wildman–Crippen MR) is 74.6 cm³/mol. The van der Waals surface area contributed by atoms with Crippen LogP contribution in [0.25, 0.3) is 0 Å². The third-order valence-electron chi connectivity index (χ3n) is 4.96. The second-order valence-corrected chi connectivity index (χ2v) is 7.17. The maximum absolute atomic E-state index is 4.73. The first-order valence-corrected chi connectivity index (χ1v) is 8.32. The minimum absolute atomic E-state index is 0.872. The lowest BCUT2D eigenvalue weighted by atomic mass is 10.1. The summed E-state index contributed by atoms with van der Waals surface area (Å²) in [5, 5.41) is 4.73. The molecule has 3 aliphatic rings. The van der Waals surface area contributed by atoms with E-state index in [9.17, 15) is 0 Å². The number of piperidine rings is 1. The number of thioether (sulfide) groups is 1. The average Bonchev–Trinajstić information content (AvgIpc) is 3.05. The lowest BCUT2D eigenvalue weighted by molar-refractivity contribution is 0.200. The van der Waals surface area contributed by atoms with Crippen molar-refractivity contribution in [2.24, 2.45) is 13.0 Å². The van der Waals surface area contributed by atoms with Crippen LogP contribution in [0.15, 0.2) is 0 Å². The van der Waals surface area contributed by atoms with Crippen LogP contribution in [0.2, 0.25) is 0 Å². The topological polar surface area (TPSA) is 21.1 Å². The van der Waals surface area contributed by atoms with Gasteiger partial charge in [0.15, 0.2) is 0 Å². The molecular formula is C14H21N3S. The van der Waals surface area contributed by atoms with Gasteiger partial charge < -0.3 is 0 Å². The molecule has 4 heteroatoms. The molecule has 3 nitrogen and oxygen atoms in total. The third kappa shape index (κ3) is 1.73. The van der Waals surface area contributed by atoms with Crippen LogP contribution >= 0.6 is 11.8 Å². The van der Waals surface area contributed by atoms with Crippen LogP contribution in [0.1, 0.15) is 36.2 Å². The zero-order valence-corrected chi connectivity index (χ0v) is 11.9. The van der Waals surface area contributed by atoms with Crippen molar-refractivity contribution in [1.82, 2.24) is 14.7 Å². The largest absolute Gasteiger partial charge is 0.294 e. The summed E-state index contributed by atoms with van der Waals surface area (Å²) in [6, 6.07) is 0.872. The van der Waals surface area contributed by atoms with Crippen molar-refractivity contribution in [3.8, 4) is 0 Å². The molecular weight excluding hydrogens is 242 g/mol. The maximum atomic E-state index is 4.73. The fraction of sp³-hybridized carbons (Fsp3) is 0.786. The van der Waals surface area contributed by atoms with Crippen LogP contribution in [0.4, 0.5) is 0 Å². The van der Waals surface area contributed by atoms with Crippen LogP contribution in [0, 0.1) is 5.92 Å². The van der Waals surface area contributed by atoms with Crippen LogP contribution in [0.5, 0.6) is 0 Å². The Bertz CT molecular complexity index is 468. The molecule has 18 heavy (non-hydrogen) atoms. The van der Waals surface area contributed by atoms with E-state index in [1.165, 1.54) is 55.1 Å². The van der Waals surface area contributed by atoms with Gasteiger partial charge in [-0.15, -0.1) is 0 Å². The van der Waals surface area contributed by atoms with E-state index in [2.05, 4.69) is 28.4 Å². The minimum atomic E-state index is 0.872. The lowest BCUT2D eigenvalue weighted by Gasteiger charge is -2.27. The number of hydrogen-bond donors (Lipinski definition) is 0. The van der Waals surface area contributed by atoms with Gasteiger partial charge in [-0.3, -0.25) is 9.58 Å². The molecule has 98 valence electrons. The van der Waals surface area contributed by atoms with E-state index in [0.29, 0.717) is 0 Å². The number of aromatic nitrogens is 2. The third-order valence-corrected chi connectivity index (χ3v) is 5.95. The standard InChI is InChI=1S/C14H21N3S/c1-16-14(12-9-18-5-4-13(12)15-16)8-17-7-10-2-3-11(17)6-10/h10-11H,2-9H2,1H3/t10-,11+/m0/s1. The molecule has 0 N–H and O–H groups in total. The van der Waals surface area contributed by atoms with Gasteiger partial charge in [-0.2, -0.15) is 16.9 Å². The second-order valence-electron chi connectivity index (χ2n) is 6.06. The Labute approximate surface area is 113 Å². The Balaban J connectivity index is 1.59. The summed E-state index contributed by atoms with van der Waals surface area (Å²) in [4.78, 5) is 2.71. The molecule has 2 aliphatic heterocycles. The molecule has 1 aromatic rings. The fourth-order valence-electron chi connectivity index (χ4n) is 3.98. The number of hydrogen-bond acceptors (Lipinski definition) is 3. The highest BCUT2D eigenvalue weighted by molar-refractivity contribution is 7.98. The van der Waals surface area contributed by atoms with Crippen molar-refractivity contribution in [2.45, 2.75) is 44.0 Å². The molecule has 1 saturated heterocycles. The Morgan fingerprint density at radius 1 is 1.39 bits per heavy atom. The highest BCUT2D eigenvalue weighted by Gasteiger charge is 2.38. The van der Waals surface area contributed by atoms with Crippen molar-refractivity contribution in [3.63, 3.8) is 0 Å². The molecule has 1 aliphatic carbocycles. The molecule has 2 fully saturated rings. The SMILES string of the molecule is Cn1nc2c(c1CN1C[C@H]3CC[C@@H]1C3)CSCC2. The van der Waals surface area contributed by atoms with Gasteiger partial charge >= 0.3 is 0 Å². The van der Waals surface area contributed by atoms with Crippen molar-refractivity contribution < 1.29 is 0 Å². The molecule has 0 unspecified atom stereocenters. The summed E-state index contributed by atoms with van der Waals surface area (Å²) in [5.41, 5.74) is 4.41. The van der Waals surface area contributed by atoms with Crippen LogP contribution in [0.3, 0.4) is 0 Å². The highest BCUT2D eigenvalue weighted by Crippen LogP contribution is 2.39. The van der Waals surface area contributed by atoms with E-state index in [1.807, 2.05) is 0 Å². The van der Waals surface area contributed by atoms with Crippen LogP contribution in [-0.2, 0) is 25.8 Å². The Morgan fingerprint density at radius 3 is 3.11 bits per heavy atom. The van der Waals surface area contributed by atoms with Gasteiger partial charge in [-0.05, 0) is 30.9 Å². The molecule has 1 saturated carbocycles. The molecule has 2 bridgehead atoms. The number of rotatable bonds is 2. The number of likely N-dealkylation sites (tertiary alicyclic amines) is 1. The summed E-state index contributed by atoms with van der Waals surface area (Å²) in [7, 11) is 2.13. The predicted octanol–water partition coefficient (Wildman–Crippen LogP) is 2.19. The molecule has 0 aromatic carbocycles. The first kappa shape index (κ1) is 11.4. The Morgan fingerprint density at radius 2 is 2.33 bits per heavy atom. The zero-order chi connectivity index (χ0) is 12.1. The highest BCUT2D eigenvalue weighted by atomic mass is 32.2. The first-order valence-electron chi connectivity index (χ1n) is 7.16. The first-order chi connectivity index (χ1) is 8.81. The number of nitrogens with zero attached hydrogens (tertiary/aromatic N) is 3. The minimum Gasteiger partial charge on any atom is -0.294 e. The van der Waals surface area contributed by atoms with E-state index < -0.39 is 0 Å².